The van der Waals surface area contributed by atoms with Gasteiger partial charge in [-0.2, -0.15) is 0 Å². The van der Waals surface area contributed by atoms with Crippen molar-refractivity contribution in [2.45, 2.75) is 25.9 Å². The normalized spacial score (nSPS) is 18.0. The molecule has 3 heterocycles. The number of para-hydroxylation sites is 1. The topological polar surface area (TPSA) is 41.6 Å². The average Bonchev–Trinajstić information content (AvgIpc) is 3.35. The Morgan fingerprint density at radius 1 is 1.22 bits per heavy atom. The summed E-state index contributed by atoms with van der Waals surface area (Å²) in [5.41, 5.74) is 1.22. The first kappa shape index (κ1) is 17.9. The minimum atomic E-state index is 0.0834. The second-order valence-electron chi connectivity index (χ2n) is 7.48. The first-order valence-corrected chi connectivity index (χ1v) is 9.74. The number of likely N-dealkylation sites (tertiary alicyclic amines) is 1. The second-order valence-corrected chi connectivity index (χ2v) is 7.48. The fourth-order valence-corrected chi connectivity index (χ4v) is 4.04. The molecule has 0 radical (unpaired) electrons. The maximum absolute atomic E-state index is 12.9. The lowest BCUT2D eigenvalue weighted by atomic mass is 9.96. The highest BCUT2D eigenvalue weighted by molar-refractivity contribution is 5.80. The molecule has 0 unspecified atom stereocenters. The van der Waals surface area contributed by atoms with Crippen molar-refractivity contribution < 1.29 is 9.21 Å². The predicted octanol–water partition coefficient (Wildman–Crippen LogP) is 3.60. The summed E-state index contributed by atoms with van der Waals surface area (Å²) in [4.78, 5) is 17.2. The molecule has 1 saturated heterocycles. The van der Waals surface area contributed by atoms with Gasteiger partial charge in [0.25, 0.3) is 0 Å². The van der Waals surface area contributed by atoms with Crippen LogP contribution in [-0.2, 0) is 17.9 Å². The van der Waals surface area contributed by atoms with E-state index in [0.717, 1.165) is 51.3 Å². The predicted molar refractivity (Wildman–Crippen MR) is 106 cm³/mol. The number of fused-ring (bicyclic) bond motifs is 1. The monoisotopic (exact) mass is 365 g/mol. The van der Waals surface area contributed by atoms with Crippen LogP contribution in [0.4, 0.5) is 0 Å². The van der Waals surface area contributed by atoms with Crippen LogP contribution in [0.1, 0.15) is 18.6 Å². The Balaban J connectivity index is 1.32. The van der Waals surface area contributed by atoms with Crippen LogP contribution in [0.2, 0.25) is 0 Å². The summed E-state index contributed by atoms with van der Waals surface area (Å²) in [7, 11) is 1.93. The molecule has 5 nitrogen and oxygen atoms in total. The number of furan rings is 1. The number of carbonyl (C=O) groups is 1. The molecular formula is C22H27N3O2. The first-order chi connectivity index (χ1) is 13.2. The Hall–Kier alpha value is -2.53. The van der Waals surface area contributed by atoms with Crippen LogP contribution in [0.5, 0.6) is 0 Å². The highest BCUT2D eigenvalue weighted by Crippen LogP contribution is 2.21. The lowest BCUT2D eigenvalue weighted by Crippen LogP contribution is -2.44. The smallest absolute Gasteiger partial charge is 0.226 e. The van der Waals surface area contributed by atoms with Crippen molar-refractivity contribution in [3.8, 4) is 0 Å². The molecule has 0 bridgehead atoms. The summed E-state index contributed by atoms with van der Waals surface area (Å²) in [6.45, 7) is 4.18. The molecule has 4 rings (SSSR count). The van der Waals surface area contributed by atoms with Crippen molar-refractivity contribution in [2.24, 2.45) is 5.92 Å². The van der Waals surface area contributed by atoms with E-state index in [9.17, 15) is 4.79 Å². The number of carbonyl (C=O) groups excluding carboxylic acids is 1. The molecule has 1 aliphatic heterocycles. The molecule has 5 heteroatoms. The molecule has 142 valence electrons. The molecule has 27 heavy (non-hydrogen) atoms. The van der Waals surface area contributed by atoms with Crippen LogP contribution >= 0.6 is 0 Å². The Morgan fingerprint density at radius 2 is 2.11 bits per heavy atom. The van der Waals surface area contributed by atoms with Gasteiger partial charge in [0.1, 0.15) is 5.76 Å². The molecule has 1 aliphatic rings. The Morgan fingerprint density at radius 3 is 2.96 bits per heavy atom. The molecular weight excluding hydrogens is 338 g/mol. The van der Waals surface area contributed by atoms with E-state index in [0.29, 0.717) is 0 Å². The van der Waals surface area contributed by atoms with Crippen LogP contribution in [-0.4, -0.2) is 47.0 Å². The Bertz CT molecular complexity index is 884. The highest BCUT2D eigenvalue weighted by Gasteiger charge is 2.28. The van der Waals surface area contributed by atoms with E-state index in [2.05, 4.69) is 46.0 Å². The lowest BCUT2D eigenvalue weighted by molar-refractivity contribution is -0.136. The molecule has 1 amide bonds. The summed E-state index contributed by atoms with van der Waals surface area (Å²) in [5, 5.41) is 1.24. The summed E-state index contributed by atoms with van der Waals surface area (Å²) >= 11 is 0. The van der Waals surface area contributed by atoms with E-state index >= 15 is 0 Å². The van der Waals surface area contributed by atoms with Crippen molar-refractivity contribution >= 4 is 16.8 Å². The van der Waals surface area contributed by atoms with Crippen molar-refractivity contribution in [3.05, 3.63) is 60.7 Å². The second kappa shape index (κ2) is 8.01. The van der Waals surface area contributed by atoms with E-state index in [4.69, 9.17) is 4.42 Å². The van der Waals surface area contributed by atoms with Gasteiger partial charge in [-0.05, 0) is 49.0 Å². The van der Waals surface area contributed by atoms with Gasteiger partial charge >= 0.3 is 0 Å². The average molecular weight is 365 g/mol. The minimum Gasteiger partial charge on any atom is -0.468 e. The van der Waals surface area contributed by atoms with Crippen LogP contribution in [0, 0.1) is 5.92 Å². The Labute approximate surface area is 160 Å². The largest absolute Gasteiger partial charge is 0.468 e. The van der Waals surface area contributed by atoms with Crippen molar-refractivity contribution in [1.82, 2.24) is 14.4 Å². The standard InChI is InChI=1S/C22H27N3O2/c1-23(13-14-25-12-10-18-6-2-3-9-21(18)25)22(26)19-7-4-11-24(16-19)17-20-8-5-15-27-20/h2-3,5-6,8-10,12,15,19H,4,7,11,13-14,16-17H2,1H3/t19-/m1/s1. The van der Waals surface area contributed by atoms with E-state index in [-0.39, 0.29) is 11.8 Å². The van der Waals surface area contributed by atoms with Crippen LogP contribution < -0.4 is 0 Å². The zero-order valence-electron chi connectivity index (χ0n) is 15.9. The number of amides is 1. The molecule has 1 aromatic carbocycles. The molecule has 0 aliphatic carbocycles. The molecule has 1 fully saturated rings. The van der Waals surface area contributed by atoms with E-state index < -0.39 is 0 Å². The maximum atomic E-state index is 12.9. The molecule has 0 spiro atoms. The fraction of sp³-hybridized carbons (Fsp3) is 0.409. The summed E-state index contributed by atoms with van der Waals surface area (Å²) in [6.07, 6.45) is 5.85. The summed E-state index contributed by atoms with van der Waals surface area (Å²) in [6, 6.07) is 14.4. The van der Waals surface area contributed by atoms with Gasteiger partial charge in [-0.3, -0.25) is 9.69 Å². The summed E-state index contributed by atoms with van der Waals surface area (Å²) in [5.74, 6) is 1.31. The van der Waals surface area contributed by atoms with Crippen LogP contribution in [0.15, 0.2) is 59.3 Å². The number of likely N-dealkylation sites (N-methyl/N-ethyl adjacent to an activating group) is 1. The molecule has 0 N–H and O–H groups in total. The number of rotatable bonds is 6. The van der Waals surface area contributed by atoms with E-state index in [1.54, 1.807) is 6.26 Å². The zero-order valence-corrected chi connectivity index (χ0v) is 15.9. The molecule has 3 aromatic rings. The van der Waals surface area contributed by atoms with Crippen LogP contribution in [0.3, 0.4) is 0 Å². The molecule has 2 aromatic heterocycles. The third-order valence-corrected chi connectivity index (χ3v) is 5.55. The minimum absolute atomic E-state index is 0.0834. The lowest BCUT2D eigenvalue weighted by Gasteiger charge is -2.33. The quantitative estimate of drug-likeness (QED) is 0.670. The van der Waals surface area contributed by atoms with Gasteiger partial charge in [-0.15, -0.1) is 0 Å². The number of hydrogen-bond acceptors (Lipinski definition) is 3. The van der Waals surface area contributed by atoms with Crippen molar-refractivity contribution in [2.75, 3.05) is 26.7 Å². The van der Waals surface area contributed by atoms with Crippen LogP contribution in [0.25, 0.3) is 10.9 Å². The van der Waals surface area contributed by atoms with Gasteiger partial charge < -0.3 is 13.9 Å². The number of hydrogen-bond donors (Lipinski definition) is 0. The molecule has 0 saturated carbocycles. The number of aromatic nitrogens is 1. The zero-order chi connectivity index (χ0) is 18.6. The van der Waals surface area contributed by atoms with Gasteiger partial charge in [0, 0.05) is 38.4 Å². The SMILES string of the molecule is CN(CCn1ccc2ccccc21)C(=O)[C@@H]1CCCN(Cc2ccco2)C1. The van der Waals surface area contributed by atoms with Gasteiger partial charge in [-0.25, -0.2) is 0 Å². The van der Waals surface area contributed by atoms with Gasteiger partial charge in [-0.1, -0.05) is 18.2 Å². The highest BCUT2D eigenvalue weighted by atomic mass is 16.3. The third-order valence-electron chi connectivity index (χ3n) is 5.55. The van der Waals surface area contributed by atoms with E-state index in [1.165, 1.54) is 10.9 Å². The van der Waals surface area contributed by atoms with Gasteiger partial charge in [0.2, 0.25) is 5.91 Å². The third kappa shape index (κ3) is 4.08. The summed E-state index contributed by atoms with van der Waals surface area (Å²) < 4.78 is 7.68. The van der Waals surface area contributed by atoms with E-state index in [1.807, 2.05) is 24.1 Å². The van der Waals surface area contributed by atoms with Gasteiger partial charge in [0.05, 0.1) is 18.7 Å². The number of nitrogens with zero attached hydrogens (tertiary/aromatic N) is 3. The van der Waals surface area contributed by atoms with Crippen molar-refractivity contribution in [1.29, 1.82) is 0 Å². The fourth-order valence-electron chi connectivity index (χ4n) is 4.04. The number of piperidine rings is 1. The Kier molecular flexibility index (Phi) is 5.30. The molecule has 1 atom stereocenters. The number of benzene rings is 1. The maximum Gasteiger partial charge on any atom is 0.226 e. The van der Waals surface area contributed by atoms with Crippen molar-refractivity contribution in [3.63, 3.8) is 0 Å². The van der Waals surface area contributed by atoms with Gasteiger partial charge in [0.15, 0.2) is 0 Å². The first-order valence-electron chi connectivity index (χ1n) is 9.74.